The predicted octanol–water partition coefficient (Wildman–Crippen LogP) is 2.58. The summed E-state index contributed by atoms with van der Waals surface area (Å²) < 4.78 is 26.7. The molecule has 0 saturated carbocycles. The van der Waals surface area contributed by atoms with Crippen molar-refractivity contribution in [3.05, 3.63) is 17.0 Å². The Bertz CT molecular complexity index is 631. The molecule has 0 unspecified atom stereocenters. The molecule has 6 nitrogen and oxygen atoms in total. The number of hydrogen-bond acceptors (Lipinski definition) is 5. The Kier molecular flexibility index (Phi) is 10.2. The van der Waals surface area contributed by atoms with E-state index in [1.807, 2.05) is 27.7 Å². The van der Waals surface area contributed by atoms with Crippen LogP contribution < -0.4 is 11.1 Å². The Hall–Kier alpha value is -0.670. The van der Waals surface area contributed by atoms with Crippen LogP contribution >= 0.6 is 23.7 Å². The van der Waals surface area contributed by atoms with Gasteiger partial charge in [-0.25, -0.2) is 8.42 Å². The molecule has 0 aromatic carbocycles. The molecule has 0 fully saturated rings. The summed E-state index contributed by atoms with van der Waals surface area (Å²) in [5, 5.41) is 2.90. The van der Waals surface area contributed by atoms with Gasteiger partial charge in [0.05, 0.1) is 12.0 Å². The Labute approximate surface area is 161 Å². The number of amides is 1. The lowest BCUT2D eigenvalue weighted by molar-refractivity contribution is -0.131. The molecule has 0 bridgehead atoms. The summed E-state index contributed by atoms with van der Waals surface area (Å²) in [5.74, 6) is -0.0726. The van der Waals surface area contributed by atoms with E-state index in [4.69, 9.17) is 5.73 Å². The second-order valence-corrected chi connectivity index (χ2v) is 9.02. The van der Waals surface area contributed by atoms with Gasteiger partial charge in [-0.05, 0) is 25.0 Å². The number of nitrogens with one attached hydrogen (secondary N) is 1. The number of thiophene rings is 1. The van der Waals surface area contributed by atoms with Crippen LogP contribution in [0.15, 0.2) is 16.3 Å². The summed E-state index contributed by atoms with van der Waals surface area (Å²) >= 11 is 1.20. The van der Waals surface area contributed by atoms with Crippen LogP contribution in [-0.4, -0.2) is 38.3 Å². The summed E-state index contributed by atoms with van der Waals surface area (Å²) in [6.07, 6.45) is 1.36. The molecule has 146 valence electrons. The van der Waals surface area contributed by atoms with Crippen molar-refractivity contribution in [2.45, 2.75) is 51.3 Å². The maximum Gasteiger partial charge on any atom is 0.252 e. The van der Waals surface area contributed by atoms with E-state index in [2.05, 4.69) is 5.32 Å². The number of nitrogens with zero attached hydrogens (tertiary/aromatic N) is 1. The lowest BCUT2D eigenvalue weighted by Gasteiger charge is -2.28. The second kappa shape index (κ2) is 10.5. The van der Waals surface area contributed by atoms with Gasteiger partial charge in [-0.15, -0.1) is 23.7 Å². The Morgan fingerprint density at radius 2 is 1.76 bits per heavy atom. The maximum atomic E-state index is 12.5. The van der Waals surface area contributed by atoms with E-state index >= 15 is 0 Å². The van der Waals surface area contributed by atoms with Crippen LogP contribution in [0.3, 0.4) is 0 Å². The predicted molar refractivity (Wildman–Crippen MR) is 106 cm³/mol. The second-order valence-electron chi connectivity index (χ2n) is 5.68. The van der Waals surface area contributed by atoms with Crippen molar-refractivity contribution in [1.82, 2.24) is 9.62 Å². The van der Waals surface area contributed by atoms with Gasteiger partial charge in [0.2, 0.25) is 5.91 Å². The summed E-state index contributed by atoms with van der Waals surface area (Å²) in [6, 6.07) is 3.36. The van der Waals surface area contributed by atoms with E-state index in [1.54, 1.807) is 12.1 Å². The minimum absolute atomic E-state index is 0. The SMILES string of the molecule is CCN(CC)S(=O)(=O)c1ccc(CNC(=O)C(CC)(CC)CN)s1.Cl. The van der Waals surface area contributed by atoms with E-state index in [0.717, 1.165) is 4.88 Å². The standard InChI is InChI=1S/C16H29N3O3S2.ClH/c1-5-16(6-2,12-17)15(20)18-11-13-9-10-14(23-13)24(21,22)19(7-3)8-4;/h9-10H,5-8,11-12,17H2,1-4H3,(H,18,20);1H. The number of sulfonamides is 1. The van der Waals surface area contributed by atoms with Gasteiger partial charge in [0, 0.05) is 24.5 Å². The fourth-order valence-corrected chi connectivity index (χ4v) is 5.50. The van der Waals surface area contributed by atoms with E-state index in [0.29, 0.717) is 43.2 Å². The lowest BCUT2D eigenvalue weighted by atomic mass is 9.81. The molecular formula is C16H30ClN3O3S2. The molecular weight excluding hydrogens is 382 g/mol. The molecule has 1 aromatic rings. The van der Waals surface area contributed by atoms with Crippen LogP contribution in [0.5, 0.6) is 0 Å². The molecule has 0 radical (unpaired) electrons. The van der Waals surface area contributed by atoms with Gasteiger partial charge in [-0.1, -0.05) is 27.7 Å². The quantitative estimate of drug-likeness (QED) is 0.618. The van der Waals surface area contributed by atoms with Crippen molar-refractivity contribution in [3.63, 3.8) is 0 Å². The summed E-state index contributed by atoms with van der Waals surface area (Å²) in [5.41, 5.74) is 5.23. The normalized spacial score (nSPS) is 12.1. The van der Waals surface area contributed by atoms with Crippen molar-refractivity contribution >= 4 is 39.7 Å². The minimum Gasteiger partial charge on any atom is -0.351 e. The number of carbonyl (C=O) groups excluding carboxylic acids is 1. The molecule has 0 aliphatic carbocycles. The molecule has 1 heterocycles. The zero-order valence-corrected chi connectivity index (χ0v) is 17.8. The molecule has 0 spiro atoms. The van der Waals surface area contributed by atoms with Crippen LogP contribution in [0, 0.1) is 5.41 Å². The number of halogens is 1. The third kappa shape index (κ3) is 5.40. The van der Waals surface area contributed by atoms with Crippen LogP contribution in [0.1, 0.15) is 45.4 Å². The van der Waals surface area contributed by atoms with Crippen molar-refractivity contribution in [1.29, 1.82) is 0 Å². The fourth-order valence-electron chi connectivity index (χ4n) is 2.59. The van der Waals surface area contributed by atoms with Gasteiger partial charge in [0.15, 0.2) is 0 Å². The summed E-state index contributed by atoms with van der Waals surface area (Å²) in [4.78, 5) is 13.2. The maximum absolute atomic E-state index is 12.5. The van der Waals surface area contributed by atoms with Gasteiger partial charge in [0.1, 0.15) is 4.21 Å². The first kappa shape index (κ1) is 24.3. The largest absolute Gasteiger partial charge is 0.351 e. The van der Waals surface area contributed by atoms with Crippen LogP contribution in [-0.2, 0) is 21.4 Å². The lowest BCUT2D eigenvalue weighted by Crippen LogP contribution is -2.44. The van der Waals surface area contributed by atoms with Gasteiger partial charge in [-0.2, -0.15) is 4.31 Å². The average Bonchev–Trinajstić information content (AvgIpc) is 3.06. The monoisotopic (exact) mass is 411 g/mol. The fraction of sp³-hybridized carbons (Fsp3) is 0.688. The number of rotatable bonds is 10. The van der Waals surface area contributed by atoms with E-state index in [9.17, 15) is 13.2 Å². The molecule has 3 N–H and O–H groups in total. The summed E-state index contributed by atoms with van der Waals surface area (Å²) in [6.45, 7) is 9.04. The molecule has 0 aliphatic rings. The highest BCUT2D eigenvalue weighted by Gasteiger charge is 2.33. The molecule has 0 aliphatic heterocycles. The molecule has 1 rings (SSSR count). The molecule has 0 saturated heterocycles. The molecule has 1 aromatic heterocycles. The van der Waals surface area contributed by atoms with Gasteiger partial charge < -0.3 is 11.1 Å². The Balaban J connectivity index is 0.00000576. The highest BCUT2D eigenvalue weighted by atomic mass is 35.5. The van der Waals surface area contributed by atoms with Gasteiger partial charge >= 0.3 is 0 Å². The molecule has 25 heavy (non-hydrogen) atoms. The van der Waals surface area contributed by atoms with Crippen LogP contribution in [0.4, 0.5) is 0 Å². The van der Waals surface area contributed by atoms with E-state index < -0.39 is 15.4 Å². The topological polar surface area (TPSA) is 92.5 Å². The van der Waals surface area contributed by atoms with Crippen molar-refractivity contribution in [2.75, 3.05) is 19.6 Å². The third-order valence-corrected chi connectivity index (χ3v) is 8.19. The van der Waals surface area contributed by atoms with Gasteiger partial charge in [0.25, 0.3) is 10.0 Å². The molecule has 1 amide bonds. The average molecular weight is 412 g/mol. The minimum atomic E-state index is -3.44. The Morgan fingerprint density at radius 3 is 2.20 bits per heavy atom. The van der Waals surface area contributed by atoms with Crippen molar-refractivity contribution in [3.8, 4) is 0 Å². The smallest absolute Gasteiger partial charge is 0.252 e. The zero-order chi connectivity index (χ0) is 18.4. The summed E-state index contributed by atoms with van der Waals surface area (Å²) in [7, 11) is -3.44. The van der Waals surface area contributed by atoms with Gasteiger partial charge in [-0.3, -0.25) is 4.79 Å². The van der Waals surface area contributed by atoms with Crippen LogP contribution in [0.2, 0.25) is 0 Å². The first-order chi connectivity index (χ1) is 11.3. The van der Waals surface area contributed by atoms with Crippen molar-refractivity contribution < 1.29 is 13.2 Å². The zero-order valence-electron chi connectivity index (χ0n) is 15.4. The molecule has 9 heteroatoms. The Morgan fingerprint density at radius 1 is 1.20 bits per heavy atom. The van der Waals surface area contributed by atoms with Crippen molar-refractivity contribution in [2.24, 2.45) is 11.1 Å². The highest BCUT2D eigenvalue weighted by molar-refractivity contribution is 7.91. The highest BCUT2D eigenvalue weighted by Crippen LogP contribution is 2.27. The molecule has 0 atom stereocenters. The van der Waals surface area contributed by atoms with E-state index in [-0.39, 0.29) is 18.3 Å². The number of carbonyl (C=O) groups is 1. The number of hydrogen-bond donors (Lipinski definition) is 2. The first-order valence-corrected chi connectivity index (χ1v) is 10.6. The number of nitrogens with two attached hydrogens (primary N) is 1. The third-order valence-electron chi connectivity index (χ3n) is 4.59. The van der Waals surface area contributed by atoms with E-state index in [1.165, 1.54) is 15.6 Å². The van der Waals surface area contributed by atoms with Crippen LogP contribution in [0.25, 0.3) is 0 Å². The first-order valence-electron chi connectivity index (χ1n) is 8.38.